The third kappa shape index (κ3) is 3.98. The van der Waals surface area contributed by atoms with E-state index in [4.69, 9.17) is 5.73 Å². The Bertz CT molecular complexity index is 468. The van der Waals surface area contributed by atoms with Gasteiger partial charge in [-0.15, -0.1) is 0 Å². The Balaban J connectivity index is 1.82. The molecule has 1 aliphatic rings. The fraction of sp³-hybridized carbons (Fsp3) is 0.562. The summed E-state index contributed by atoms with van der Waals surface area (Å²) in [6.45, 7) is 3.05. The second-order valence-corrected chi connectivity index (χ2v) is 6.60. The molecular formula is C16H23BrN2O. The maximum Gasteiger partial charge on any atom is 0.251 e. The molecule has 2 rings (SSSR count). The van der Waals surface area contributed by atoms with Gasteiger partial charge < -0.3 is 11.1 Å². The van der Waals surface area contributed by atoms with Gasteiger partial charge in [-0.25, -0.2) is 0 Å². The third-order valence-corrected chi connectivity index (χ3v) is 5.08. The standard InChI is InChI=1S/C16H23BrN2O/c1-2-11-3-5-12(6-4-11)10-19-16(20)13-7-8-14(17)15(18)9-13/h7-9,11-12H,2-6,10,18H2,1H3,(H,19,20). The molecule has 1 saturated carbocycles. The number of nitrogen functional groups attached to an aromatic ring is 1. The van der Waals surface area contributed by atoms with Gasteiger partial charge >= 0.3 is 0 Å². The van der Waals surface area contributed by atoms with E-state index >= 15 is 0 Å². The molecule has 3 N–H and O–H groups in total. The van der Waals surface area contributed by atoms with Crippen molar-refractivity contribution in [3.05, 3.63) is 28.2 Å². The van der Waals surface area contributed by atoms with Gasteiger partial charge in [0.25, 0.3) is 5.91 Å². The van der Waals surface area contributed by atoms with Crippen molar-refractivity contribution in [3.8, 4) is 0 Å². The monoisotopic (exact) mass is 338 g/mol. The minimum absolute atomic E-state index is 0.0261. The van der Waals surface area contributed by atoms with Crippen LogP contribution in [-0.4, -0.2) is 12.5 Å². The van der Waals surface area contributed by atoms with Crippen molar-refractivity contribution in [1.29, 1.82) is 0 Å². The maximum absolute atomic E-state index is 12.1. The zero-order chi connectivity index (χ0) is 14.5. The molecular weight excluding hydrogens is 316 g/mol. The van der Waals surface area contributed by atoms with E-state index in [0.717, 1.165) is 16.9 Å². The molecule has 1 aromatic rings. The molecule has 1 fully saturated rings. The quantitative estimate of drug-likeness (QED) is 0.816. The average molecular weight is 339 g/mol. The van der Waals surface area contributed by atoms with Crippen molar-refractivity contribution < 1.29 is 4.79 Å². The minimum Gasteiger partial charge on any atom is -0.398 e. The van der Waals surface area contributed by atoms with E-state index in [2.05, 4.69) is 28.2 Å². The van der Waals surface area contributed by atoms with Crippen LogP contribution < -0.4 is 11.1 Å². The first-order valence-corrected chi connectivity index (χ1v) is 8.22. The van der Waals surface area contributed by atoms with Crippen LogP contribution in [0.5, 0.6) is 0 Å². The molecule has 0 unspecified atom stereocenters. The van der Waals surface area contributed by atoms with Gasteiger partial charge in [0.15, 0.2) is 0 Å². The first kappa shape index (κ1) is 15.4. The second-order valence-electron chi connectivity index (χ2n) is 5.74. The van der Waals surface area contributed by atoms with Crippen molar-refractivity contribution in [2.75, 3.05) is 12.3 Å². The van der Waals surface area contributed by atoms with Gasteiger partial charge in [-0.1, -0.05) is 26.2 Å². The second kappa shape index (κ2) is 7.11. The maximum atomic E-state index is 12.1. The van der Waals surface area contributed by atoms with E-state index in [0.29, 0.717) is 17.2 Å². The number of amides is 1. The van der Waals surface area contributed by atoms with Crippen LogP contribution in [0.25, 0.3) is 0 Å². The summed E-state index contributed by atoms with van der Waals surface area (Å²) in [6.07, 6.45) is 6.38. The van der Waals surface area contributed by atoms with Crippen LogP contribution in [0.2, 0.25) is 0 Å². The predicted molar refractivity (Wildman–Crippen MR) is 86.6 cm³/mol. The lowest BCUT2D eigenvalue weighted by Crippen LogP contribution is -2.31. The third-order valence-electron chi connectivity index (χ3n) is 4.35. The molecule has 20 heavy (non-hydrogen) atoms. The summed E-state index contributed by atoms with van der Waals surface area (Å²) in [5, 5.41) is 3.04. The predicted octanol–water partition coefficient (Wildman–Crippen LogP) is 3.98. The van der Waals surface area contributed by atoms with E-state index in [9.17, 15) is 4.79 Å². The van der Waals surface area contributed by atoms with E-state index < -0.39 is 0 Å². The first-order chi connectivity index (χ1) is 9.60. The largest absolute Gasteiger partial charge is 0.398 e. The summed E-state index contributed by atoms with van der Waals surface area (Å²) >= 11 is 3.34. The average Bonchev–Trinajstić information content (AvgIpc) is 2.48. The zero-order valence-electron chi connectivity index (χ0n) is 12.0. The number of nitrogens with one attached hydrogen (secondary N) is 1. The number of rotatable bonds is 4. The Morgan fingerprint density at radius 3 is 2.55 bits per heavy atom. The number of hydrogen-bond donors (Lipinski definition) is 2. The summed E-state index contributed by atoms with van der Waals surface area (Å²) in [6, 6.07) is 5.33. The highest BCUT2D eigenvalue weighted by molar-refractivity contribution is 9.10. The minimum atomic E-state index is -0.0261. The molecule has 0 aliphatic heterocycles. The SMILES string of the molecule is CCC1CCC(CNC(=O)c2ccc(Br)c(N)c2)CC1. The molecule has 0 heterocycles. The highest BCUT2D eigenvalue weighted by Gasteiger charge is 2.20. The van der Waals surface area contributed by atoms with Gasteiger partial charge in [0.1, 0.15) is 0 Å². The van der Waals surface area contributed by atoms with Crippen molar-refractivity contribution in [1.82, 2.24) is 5.32 Å². The molecule has 4 heteroatoms. The molecule has 0 saturated heterocycles. The van der Waals surface area contributed by atoms with Crippen LogP contribution in [-0.2, 0) is 0 Å². The van der Waals surface area contributed by atoms with E-state index in [1.165, 1.54) is 32.1 Å². The summed E-state index contributed by atoms with van der Waals surface area (Å²) in [5.41, 5.74) is 7.03. The van der Waals surface area contributed by atoms with Crippen LogP contribution in [0.1, 0.15) is 49.4 Å². The number of hydrogen-bond acceptors (Lipinski definition) is 2. The van der Waals surface area contributed by atoms with Crippen LogP contribution in [0.4, 0.5) is 5.69 Å². The summed E-state index contributed by atoms with van der Waals surface area (Å²) in [4.78, 5) is 12.1. The van der Waals surface area contributed by atoms with Gasteiger partial charge in [0, 0.05) is 22.3 Å². The number of carbonyl (C=O) groups is 1. The first-order valence-electron chi connectivity index (χ1n) is 7.43. The Hall–Kier alpha value is -1.03. The van der Waals surface area contributed by atoms with Gasteiger partial charge in [-0.05, 0) is 58.8 Å². The fourth-order valence-corrected chi connectivity index (χ4v) is 3.11. The molecule has 0 aromatic heterocycles. The molecule has 0 radical (unpaired) electrons. The summed E-state index contributed by atoms with van der Waals surface area (Å²) in [7, 11) is 0. The fourth-order valence-electron chi connectivity index (χ4n) is 2.87. The molecule has 1 aliphatic carbocycles. The molecule has 1 amide bonds. The zero-order valence-corrected chi connectivity index (χ0v) is 13.6. The van der Waals surface area contributed by atoms with Gasteiger partial charge in [0.05, 0.1) is 0 Å². The molecule has 110 valence electrons. The molecule has 0 bridgehead atoms. The van der Waals surface area contributed by atoms with Crippen molar-refractivity contribution in [2.24, 2.45) is 11.8 Å². The van der Waals surface area contributed by atoms with Crippen molar-refractivity contribution in [3.63, 3.8) is 0 Å². The molecule has 0 spiro atoms. The van der Waals surface area contributed by atoms with E-state index in [-0.39, 0.29) is 5.91 Å². The number of carbonyl (C=O) groups excluding carboxylic acids is 1. The lowest BCUT2D eigenvalue weighted by atomic mass is 9.81. The lowest BCUT2D eigenvalue weighted by Gasteiger charge is -2.27. The normalized spacial score (nSPS) is 22.5. The number of nitrogens with two attached hydrogens (primary N) is 1. The van der Waals surface area contributed by atoms with E-state index in [1.54, 1.807) is 12.1 Å². The summed E-state index contributed by atoms with van der Waals surface area (Å²) < 4.78 is 0.826. The smallest absolute Gasteiger partial charge is 0.251 e. The lowest BCUT2D eigenvalue weighted by molar-refractivity contribution is 0.0941. The Labute approximate surface area is 129 Å². The number of anilines is 1. The highest BCUT2D eigenvalue weighted by Crippen LogP contribution is 2.30. The van der Waals surface area contributed by atoms with Crippen LogP contribution in [0, 0.1) is 11.8 Å². The Morgan fingerprint density at radius 2 is 1.95 bits per heavy atom. The van der Waals surface area contributed by atoms with Gasteiger partial charge in [-0.3, -0.25) is 4.79 Å². The van der Waals surface area contributed by atoms with Gasteiger partial charge in [-0.2, -0.15) is 0 Å². The Morgan fingerprint density at radius 1 is 1.30 bits per heavy atom. The summed E-state index contributed by atoms with van der Waals surface area (Å²) in [5.74, 6) is 1.50. The highest BCUT2D eigenvalue weighted by atomic mass is 79.9. The van der Waals surface area contributed by atoms with Crippen LogP contribution in [0.15, 0.2) is 22.7 Å². The molecule has 1 aromatic carbocycles. The number of halogens is 1. The molecule has 0 atom stereocenters. The van der Waals surface area contributed by atoms with Crippen LogP contribution >= 0.6 is 15.9 Å². The van der Waals surface area contributed by atoms with Crippen LogP contribution in [0.3, 0.4) is 0 Å². The topological polar surface area (TPSA) is 55.1 Å². The Kier molecular flexibility index (Phi) is 5.46. The van der Waals surface area contributed by atoms with Crippen molar-refractivity contribution >= 4 is 27.5 Å². The van der Waals surface area contributed by atoms with Gasteiger partial charge in [0.2, 0.25) is 0 Å². The number of benzene rings is 1. The molecule has 3 nitrogen and oxygen atoms in total. The van der Waals surface area contributed by atoms with E-state index in [1.807, 2.05) is 6.07 Å². The van der Waals surface area contributed by atoms with Crippen molar-refractivity contribution in [2.45, 2.75) is 39.0 Å².